The highest BCUT2D eigenvalue weighted by molar-refractivity contribution is 6.63. The number of rotatable bonds is 6. The zero-order chi connectivity index (χ0) is 12.8. The molecule has 0 fully saturated rings. The van der Waals surface area contributed by atoms with Gasteiger partial charge in [0.15, 0.2) is 0 Å². The first-order chi connectivity index (χ1) is 8.04. The SMILES string of the molecule is COCCn1nc(C)cc(CCC(=O)Cl)c1=O. The molecule has 1 aromatic rings. The van der Waals surface area contributed by atoms with Gasteiger partial charge < -0.3 is 4.74 Å². The minimum Gasteiger partial charge on any atom is -0.383 e. The summed E-state index contributed by atoms with van der Waals surface area (Å²) in [5.41, 5.74) is 1.10. The average Bonchev–Trinajstić information content (AvgIpc) is 2.27. The molecule has 0 aromatic carbocycles. The number of hydrogen-bond acceptors (Lipinski definition) is 4. The van der Waals surface area contributed by atoms with Gasteiger partial charge in [-0.3, -0.25) is 9.59 Å². The number of methoxy groups -OCH3 is 1. The van der Waals surface area contributed by atoms with E-state index in [0.717, 1.165) is 5.69 Å². The van der Waals surface area contributed by atoms with Crippen LogP contribution in [0.15, 0.2) is 10.9 Å². The number of aryl methyl sites for hydroxylation is 2. The quantitative estimate of drug-likeness (QED) is 0.711. The summed E-state index contributed by atoms with van der Waals surface area (Å²) in [6, 6.07) is 1.69. The van der Waals surface area contributed by atoms with Crippen LogP contribution in [0, 0.1) is 6.92 Å². The molecule has 1 rings (SSSR count). The second-order valence-corrected chi connectivity index (χ2v) is 4.11. The number of nitrogens with zero attached hydrogens (tertiary/aromatic N) is 2. The van der Waals surface area contributed by atoms with Crippen molar-refractivity contribution in [2.75, 3.05) is 13.7 Å². The van der Waals surface area contributed by atoms with Crippen LogP contribution in [-0.4, -0.2) is 28.7 Å². The lowest BCUT2D eigenvalue weighted by atomic mass is 10.1. The number of ether oxygens (including phenoxy) is 1. The molecule has 0 N–H and O–H groups in total. The molecule has 17 heavy (non-hydrogen) atoms. The fourth-order valence-electron chi connectivity index (χ4n) is 1.49. The Morgan fingerprint density at radius 2 is 2.29 bits per heavy atom. The number of hydrogen-bond donors (Lipinski definition) is 0. The van der Waals surface area contributed by atoms with Gasteiger partial charge in [-0.1, -0.05) is 0 Å². The van der Waals surface area contributed by atoms with E-state index in [-0.39, 0.29) is 12.0 Å². The smallest absolute Gasteiger partial charge is 0.270 e. The molecule has 6 heteroatoms. The molecular formula is C11H15ClN2O3. The maximum Gasteiger partial charge on any atom is 0.270 e. The molecule has 0 aliphatic heterocycles. The standard InChI is InChI=1S/C11H15ClN2O3/c1-8-7-9(3-4-10(12)15)11(16)14(13-8)5-6-17-2/h7H,3-6H2,1-2H3. The van der Waals surface area contributed by atoms with Crippen molar-refractivity contribution in [2.24, 2.45) is 0 Å². The molecule has 0 aliphatic carbocycles. The third-order valence-electron chi connectivity index (χ3n) is 2.27. The molecule has 0 radical (unpaired) electrons. The van der Waals surface area contributed by atoms with Crippen molar-refractivity contribution in [1.82, 2.24) is 9.78 Å². The first kappa shape index (κ1) is 13.9. The van der Waals surface area contributed by atoms with Crippen molar-refractivity contribution in [1.29, 1.82) is 0 Å². The largest absolute Gasteiger partial charge is 0.383 e. The highest BCUT2D eigenvalue weighted by Crippen LogP contribution is 2.01. The molecule has 0 atom stereocenters. The van der Waals surface area contributed by atoms with Gasteiger partial charge in [0.05, 0.1) is 18.8 Å². The maximum atomic E-state index is 11.9. The number of carbonyl (C=O) groups is 1. The monoisotopic (exact) mass is 258 g/mol. The molecule has 0 spiro atoms. The highest BCUT2D eigenvalue weighted by atomic mass is 35.5. The van der Waals surface area contributed by atoms with Gasteiger partial charge in [-0.15, -0.1) is 0 Å². The summed E-state index contributed by atoms with van der Waals surface area (Å²) in [7, 11) is 1.56. The summed E-state index contributed by atoms with van der Waals surface area (Å²) >= 11 is 5.26. The normalized spacial score (nSPS) is 10.5. The third kappa shape index (κ3) is 4.28. The molecule has 0 amide bonds. The Balaban J connectivity index is 2.93. The molecular weight excluding hydrogens is 244 g/mol. The molecule has 0 saturated heterocycles. The Kier molecular flexibility index (Phi) is 5.31. The third-order valence-corrected chi connectivity index (χ3v) is 2.46. The summed E-state index contributed by atoms with van der Waals surface area (Å²) < 4.78 is 6.26. The van der Waals surface area contributed by atoms with Gasteiger partial charge in [-0.25, -0.2) is 4.68 Å². The van der Waals surface area contributed by atoms with Crippen LogP contribution in [0.2, 0.25) is 0 Å². The molecule has 94 valence electrons. The van der Waals surface area contributed by atoms with E-state index in [1.807, 2.05) is 0 Å². The van der Waals surface area contributed by atoms with Crippen LogP contribution in [0.25, 0.3) is 0 Å². The Bertz CT molecular complexity index is 457. The van der Waals surface area contributed by atoms with Crippen LogP contribution in [0.1, 0.15) is 17.7 Å². The predicted molar refractivity (Wildman–Crippen MR) is 64.3 cm³/mol. The molecule has 0 saturated carbocycles. The fourth-order valence-corrected chi connectivity index (χ4v) is 1.58. The van der Waals surface area contributed by atoms with Crippen molar-refractivity contribution < 1.29 is 9.53 Å². The molecule has 1 heterocycles. The van der Waals surface area contributed by atoms with Crippen LogP contribution >= 0.6 is 11.6 Å². The predicted octanol–water partition coefficient (Wildman–Crippen LogP) is 0.896. The molecule has 0 aliphatic rings. The summed E-state index contributed by atoms with van der Waals surface area (Å²) in [5.74, 6) is 0. The number of carbonyl (C=O) groups excluding carboxylic acids is 1. The van der Waals surface area contributed by atoms with Crippen molar-refractivity contribution >= 4 is 16.8 Å². The zero-order valence-corrected chi connectivity index (χ0v) is 10.7. The van der Waals surface area contributed by atoms with E-state index in [1.165, 1.54) is 4.68 Å². The zero-order valence-electron chi connectivity index (χ0n) is 9.90. The molecule has 0 unspecified atom stereocenters. The van der Waals surface area contributed by atoms with Crippen molar-refractivity contribution in [2.45, 2.75) is 26.3 Å². The maximum absolute atomic E-state index is 11.9. The van der Waals surface area contributed by atoms with Gasteiger partial charge in [-0.2, -0.15) is 5.10 Å². The summed E-state index contributed by atoms with van der Waals surface area (Å²) in [4.78, 5) is 22.6. The van der Waals surface area contributed by atoms with E-state index < -0.39 is 5.24 Å². The minimum absolute atomic E-state index is 0.157. The van der Waals surface area contributed by atoms with E-state index in [4.69, 9.17) is 16.3 Å². The van der Waals surface area contributed by atoms with E-state index in [0.29, 0.717) is 25.1 Å². The van der Waals surface area contributed by atoms with Crippen molar-refractivity contribution in [3.8, 4) is 0 Å². The Labute approximate surface area is 104 Å². The summed E-state index contributed by atoms with van der Waals surface area (Å²) in [5, 5.41) is 3.66. The minimum atomic E-state index is -0.442. The molecule has 1 aromatic heterocycles. The van der Waals surface area contributed by atoms with E-state index >= 15 is 0 Å². The summed E-state index contributed by atoms with van der Waals surface area (Å²) in [6.45, 7) is 2.62. The van der Waals surface area contributed by atoms with Gasteiger partial charge >= 0.3 is 0 Å². The van der Waals surface area contributed by atoms with Crippen molar-refractivity contribution in [3.63, 3.8) is 0 Å². The second-order valence-electron chi connectivity index (χ2n) is 3.69. The van der Waals surface area contributed by atoms with E-state index in [9.17, 15) is 9.59 Å². The van der Waals surface area contributed by atoms with Crippen molar-refractivity contribution in [3.05, 3.63) is 27.7 Å². The number of halogens is 1. The van der Waals surface area contributed by atoms with Gasteiger partial charge in [0.25, 0.3) is 5.56 Å². The van der Waals surface area contributed by atoms with Gasteiger partial charge in [-0.05, 0) is 31.0 Å². The lowest BCUT2D eigenvalue weighted by Gasteiger charge is -2.07. The Hall–Kier alpha value is -1.20. The lowest BCUT2D eigenvalue weighted by Crippen LogP contribution is -2.28. The average molecular weight is 259 g/mol. The van der Waals surface area contributed by atoms with Crippen LogP contribution in [0.4, 0.5) is 0 Å². The molecule has 5 nitrogen and oxygen atoms in total. The lowest BCUT2D eigenvalue weighted by molar-refractivity contribution is -0.111. The first-order valence-corrected chi connectivity index (χ1v) is 5.67. The van der Waals surface area contributed by atoms with Gasteiger partial charge in [0.1, 0.15) is 0 Å². The summed E-state index contributed by atoms with van der Waals surface area (Å²) in [6.07, 6.45) is 0.502. The Morgan fingerprint density at radius 1 is 1.59 bits per heavy atom. The van der Waals surface area contributed by atoms with Crippen LogP contribution in [0.3, 0.4) is 0 Å². The van der Waals surface area contributed by atoms with Crippen LogP contribution in [0.5, 0.6) is 0 Å². The van der Waals surface area contributed by atoms with E-state index in [2.05, 4.69) is 5.10 Å². The van der Waals surface area contributed by atoms with Crippen LogP contribution in [-0.2, 0) is 22.5 Å². The highest BCUT2D eigenvalue weighted by Gasteiger charge is 2.08. The fraction of sp³-hybridized carbons (Fsp3) is 0.545. The number of aromatic nitrogens is 2. The van der Waals surface area contributed by atoms with Gasteiger partial charge in [0, 0.05) is 19.1 Å². The second kappa shape index (κ2) is 6.51. The van der Waals surface area contributed by atoms with Crippen LogP contribution < -0.4 is 5.56 Å². The first-order valence-electron chi connectivity index (χ1n) is 5.29. The Morgan fingerprint density at radius 3 is 2.88 bits per heavy atom. The van der Waals surface area contributed by atoms with E-state index in [1.54, 1.807) is 20.1 Å². The van der Waals surface area contributed by atoms with Gasteiger partial charge in [0.2, 0.25) is 5.24 Å². The molecule has 0 bridgehead atoms. The topological polar surface area (TPSA) is 61.2 Å².